The number of amides is 2. The van der Waals surface area contributed by atoms with E-state index in [-0.39, 0.29) is 32.0 Å². The summed E-state index contributed by atoms with van der Waals surface area (Å²) in [6, 6.07) is 12.3. The highest BCUT2D eigenvalue weighted by atomic mass is 127. The van der Waals surface area contributed by atoms with Crippen molar-refractivity contribution in [3.05, 3.63) is 75.1 Å². The molecule has 1 aliphatic carbocycles. The van der Waals surface area contributed by atoms with E-state index in [0.717, 1.165) is 9.99 Å². The van der Waals surface area contributed by atoms with Gasteiger partial charge in [0.05, 0.1) is 16.2 Å². The van der Waals surface area contributed by atoms with Gasteiger partial charge in [0, 0.05) is 31.7 Å². The van der Waals surface area contributed by atoms with Crippen molar-refractivity contribution in [2.75, 3.05) is 19.8 Å². The maximum atomic E-state index is 13.6. The van der Waals surface area contributed by atoms with Gasteiger partial charge < -0.3 is 29.9 Å². The molecule has 10 heteroatoms. The number of nitrogens with one attached hydrogen (secondary N) is 1. The predicted molar refractivity (Wildman–Crippen MR) is 142 cm³/mol. The molecule has 198 valence electrons. The van der Waals surface area contributed by atoms with Gasteiger partial charge in [-0.2, -0.15) is 0 Å². The van der Waals surface area contributed by atoms with Crippen LogP contribution < -0.4 is 10.1 Å². The summed E-state index contributed by atoms with van der Waals surface area (Å²) in [5.41, 5.74) is 1.01. The Kier molecular flexibility index (Phi) is 9.52. The molecular formula is C27H30FIN2O6. The Morgan fingerprint density at radius 1 is 1.19 bits per heavy atom. The molecule has 3 N–H and O–H groups in total. The standard InChI is InChI=1S/C27H30FIN2O6/c28-19-9-7-17(8-10-19)16-31(27(35)23-6-3-13-36-23)21-14-18(26(34)30-11-12-32)15-24(25(21)33)37-22-5-2-1-4-20(22)29/h1-2,4-5,7-10,15,21,23-25,32-33H,3,6,11-14,16H2,(H,30,34). The Hall–Kier alpha value is -2.54. The Bertz CT molecular complexity index is 1120. The van der Waals surface area contributed by atoms with Crippen molar-refractivity contribution in [2.45, 2.75) is 50.2 Å². The third kappa shape index (κ3) is 6.86. The Morgan fingerprint density at radius 2 is 1.95 bits per heavy atom. The van der Waals surface area contributed by atoms with Gasteiger partial charge in [0.15, 0.2) is 0 Å². The second-order valence-corrected chi connectivity index (χ2v) is 10.2. The SMILES string of the molecule is O=C(NCCO)C1=CC(Oc2ccccc2I)C(O)C(N(Cc2ccc(F)cc2)C(=O)C2CCCO2)C1. The molecule has 0 radical (unpaired) electrons. The van der Waals surface area contributed by atoms with Gasteiger partial charge in [-0.3, -0.25) is 9.59 Å². The van der Waals surface area contributed by atoms with Gasteiger partial charge in [-0.15, -0.1) is 0 Å². The minimum Gasteiger partial charge on any atom is -0.482 e. The Morgan fingerprint density at radius 3 is 2.62 bits per heavy atom. The fraction of sp³-hybridized carbons (Fsp3) is 0.407. The van der Waals surface area contributed by atoms with Crippen molar-refractivity contribution in [1.82, 2.24) is 10.2 Å². The van der Waals surface area contributed by atoms with Crippen LogP contribution in [-0.4, -0.2) is 71.0 Å². The second kappa shape index (κ2) is 12.8. The zero-order valence-electron chi connectivity index (χ0n) is 20.2. The number of hydrogen-bond acceptors (Lipinski definition) is 6. The molecule has 1 saturated heterocycles. The smallest absolute Gasteiger partial charge is 0.252 e. The summed E-state index contributed by atoms with van der Waals surface area (Å²) in [6.45, 7) is 0.420. The van der Waals surface area contributed by atoms with Crippen LogP contribution in [0.1, 0.15) is 24.8 Å². The molecule has 0 bridgehead atoms. The lowest BCUT2D eigenvalue weighted by molar-refractivity contribution is -0.149. The molecular weight excluding hydrogens is 594 g/mol. The third-order valence-electron chi connectivity index (χ3n) is 6.47. The Balaban J connectivity index is 1.68. The average molecular weight is 624 g/mol. The first-order valence-electron chi connectivity index (χ1n) is 12.2. The number of aliphatic hydroxyl groups excluding tert-OH is 2. The van der Waals surface area contributed by atoms with E-state index in [1.54, 1.807) is 24.3 Å². The molecule has 2 aromatic rings. The number of hydrogen-bond donors (Lipinski definition) is 3. The molecule has 0 saturated carbocycles. The lowest BCUT2D eigenvalue weighted by atomic mass is 9.87. The lowest BCUT2D eigenvalue weighted by Gasteiger charge is -2.41. The normalized spacial score (nSPS) is 23.3. The van der Waals surface area contributed by atoms with Crippen molar-refractivity contribution in [2.24, 2.45) is 0 Å². The molecule has 8 nitrogen and oxygen atoms in total. The van der Waals surface area contributed by atoms with Crippen molar-refractivity contribution in [1.29, 1.82) is 0 Å². The first-order chi connectivity index (χ1) is 17.9. The summed E-state index contributed by atoms with van der Waals surface area (Å²) >= 11 is 2.13. The fourth-order valence-corrected chi connectivity index (χ4v) is 5.08. The molecule has 1 fully saturated rings. The van der Waals surface area contributed by atoms with Crippen LogP contribution in [0.25, 0.3) is 0 Å². The summed E-state index contributed by atoms with van der Waals surface area (Å²) < 4.78 is 26.2. The van der Waals surface area contributed by atoms with Gasteiger partial charge in [0.1, 0.15) is 29.9 Å². The van der Waals surface area contributed by atoms with E-state index in [0.29, 0.717) is 29.9 Å². The first kappa shape index (κ1) is 27.5. The average Bonchev–Trinajstić information content (AvgIpc) is 3.44. The van der Waals surface area contributed by atoms with Gasteiger partial charge >= 0.3 is 0 Å². The number of ether oxygens (including phenoxy) is 2. The number of carbonyl (C=O) groups excluding carboxylic acids is 2. The topological polar surface area (TPSA) is 108 Å². The molecule has 1 heterocycles. The van der Waals surface area contributed by atoms with Gasteiger partial charge in [0.25, 0.3) is 5.91 Å². The van der Waals surface area contributed by atoms with Crippen LogP contribution in [-0.2, 0) is 20.9 Å². The van der Waals surface area contributed by atoms with Crippen LogP contribution in [0.4, 0.5) is 4.39 Å². The van der Waals surface area contributed by atoms with Gasteiger partial charge in [0.2, 0.25) is 5.91 Å². The van der Waals surface area contributed by atoms with E-state index >= 15 is 0 Å². The predicted octanol–water partition coefficient (Wildman–Crippen LogP) is 2.55. The number of benzene rings is 2. The van der Waals surface area contributed by atoms with Crippen LogP contribution in [0.3, 0.4) is 0 Å². The van der Waals surface area contributed by atoms with Crippen molar-refractivity contribution >= 4 is 34.4 Å². The van der Waals surface area contributed by atoms with Crippen molar-refractivity contribution in [3.63, 3.8) is 0 Å². The maximum absolute atomic E-state index is 13.6. The van der Waals surface area contributed by atoms with E-state index < -0.39 is 36.1 Å². The lowest BCUT2D eigenvalue weighted by Crippen LogP contribution is -2.56. The monoisotopic (exact) mass is 624 g/mol. The number of para-hydroxylation sites is 1. The molecule has 37 heavy (non-hydrogen) atoms. The first-order valence-corrected chi connectivity index (χ1v) is 13.3. The molecule has 2 aliphatic rings. The second-order valence-electron chi connectivity index (χ2n) is 9.04. The summed E-state index contributed by atoms with van der Waals surface area (Å²) in [5, 5.41) is 23.3. The third-order valence-corrected chi connectivity index (χ3v) is 7.36. The summed E-state index contributed by atoms with van der Waals surface area (Å²) in [5.74, 6) is -0.561. The van der Waals surface area contributed by atoms with Crippen LogP contribution in [0.15, 0.2) is 60.2 Å². The van der Waals surface area contributed by atoms with Gasteiger partial charge in [-0.25, -0.2) is 4.39 Å². The minimum atomic E-state index is -1.16. The van der Waals surface area contributed by atoms with E-state index in [2.05, 4.69) is 27.9 Å². The molecule has 4 unspecified atom stereocenters. The van der Waals surface area contributed by atoms with Gasteiger partial charge in [-0.05, 0) is 71.3 Å². The molecule has 1 aliphatic heterocycles. The molecule has 4 atom stereocenters. The van der Waals surface area contributed by atoms with Crippen molar-refractivity contribution < 1.29 is 33.7 Å². The van der Waals surface area contributed by atoms with E-state index in [4.69, 9.17) is 14.6 Å². The molecule has 4 rings (SSSR count). The van der Waals surface area contributed by atoms with Crippen molar-refractivity contribution in [3.8, 4) is 5.75 Å². The number of nitrogens with zero attached hydrogens (tertiary/aromatic N) is 1. The number of rotatable bonds is 9. The van der Waals surface area contributed by atoms with Crippen LogP contribution >= 0.6 is 22.6 Å². The van der Waals surface area contributed by atoms with Crippen LogP contribution in [0.2, 0.25) is 0 Å². The molecule has 0 aromatic heterocycles. The van der Waals surface area contributed by atoms with E-state index in [1.807, 2.05) is 18.2 Å². The maximum Gasteiger partial charge on any atom is 0.252 e. The highest BCUT2D eigenvalue weighted by Gasteiger charge is 2.42. The minimum absolute atomic E-state index is 0.0691. The molecule has 0 spiro atoms. The number of aliphatic hydroxyl groups is 2. The number of carbonyl (C=O) groups is 2. The zero-order chi connectivity index (χ0) is 26.4. The summed E-state index contributed by atoms with van der Waals surface area (Å²) in [7, 11) is 0. The number of halogens is 2. The molecule has 2 amide bonds. The molecule has 2 aromatic carbocycles. The van der Waals surface area contributed by atoms with E-state index in [9.17, 15) is 19.1 Å². The fourth-order valence-electron chi connectivity index (χ4n) is 4.57. The van der Waals surface area contributed by atoms with E-state index in [1.165, 1.54) is 17.0 Å². The summed E-state index contributed by atoms with van der Waals surface area (Å²) in [6.07, 6.45) is 0.228. The van der Waals surface area contributed by atoms with Crippen LogP contribution in [0, 0.1) is 9.39 Å². The Labute approximate surface area is 228 Å². The quantitative estimate of drug-likeness (QED) is 0.371. The highest BCUT2D eigenvalue weighted by molar-refractivity contribution is 14.1. The summed E-state index contributed by atoms with van der Waals surface area (Å²) in [4.78, 5) is 28.1. The largest absolute Gasteiger partial charge is 0.482 e. The van der Waals surface area contributed by atoms with Gasteiger partial charge in [-0.1, -0.05) is 24.3 Å². The zero-order valence-corrected chi connectivity index (χ0v) is 22.3. The highest BCUT2D eigenvalue weighted by Crippen LogP contribution is 2.31. The van der Waals surface area contributed by atoms with Crippen LogP contribution in [0.5, 0.6) is 5.75 Å².